The first-order chi connectivity index (χ1) is 13.4. The van der Waals surface area contributed by atoms with Gasteiger partial charge in [0.05, 0.1) is 12.2 Å². The molecule has 1 heterocycles. The number of allylic oxidation sites excluding steroid dienone is 4. The second-order valence-corrected chi connectivity index (χ2v) is 6.98. The molecule has 7 heteroatoms. The van der Waals surface area contributed by atoms with Gasteiger partial charge in [-0.2, -0.15) is 0 Å². The number of ether oxygens (including phenoxy) is 1. The summed E-state index contributed by atoms with van der Waals surface area (Å²) in [6.45, 7) is 1.53. The number of phenolic OH excluding ortho intramolecular Hbond substituents is 2. The van der Waals surface area contributed by atoms with Crippen molar-refractivity contribution in [2.45, 2.75) is 63.1 Å². The van der Waals surface area contributed by atoms with Gasteiger partial charge in [-0.3, -0.25) is 0 Å². The Morgan fingerprint density at radius 2 is 1.54 bits per heavy atom. The second-order valence-electron chi connectivity index (χ2n) is 6.98. The molecule has 1 fully saturated rings. The van der Waals surface area contributed by atoms with E-state index in [1.807, 2.05) is 18.2 Å². The van der Waals surface area contributed by atoms with Gasteiger partial charge in [-0.1, -0.05) is 37.6 Å². The van der Waals surface area contributed by atoms with E-state index in [1.54, 1.807) is 0 Å². The van der Waals surface area contributed by atoms with Crippen LogP contribution in [0, 0.1) is 0 Å². The highest BCUT2D eigenvalue weighted by atomic mass is 16.5. The standard InChI is InChI=1S/C21H30O7/c1-2-3-4-5-6-7-8-9-13-10-14(23)17(15(24)11-13)21-20(27)19(26)18(25)16(12-22)28-21/h4-7,10-11,16,18-27H,2-3,8-9,12H2,1H3. The van der Waals surface area contributed by atoms with Crippen LogP contribution >= 0.6 is 0 Å². The van der Waals surface area contributed by atoms with Crippen LogP contribution in [0.2, 0.25) is 0 Å². The Hall–Kier alpha value is -1.90. The lowest BCUT2D eigenvalue weighted by atomic mass is 9.89. The van der Waals surface area contributed by atoms with Crippen molar-refractivity contribution in [1.29, 1.82) is 0 Å². The molecule has 0 radical (unpaired) electrons. The van der Waals surface area contributed by atoms with Gasteiger partial charge in [-0.15, -0.1) is 0 Å². The molecule has 28 heavy (non-hydrogen) atoms. The van der Waals surface area contributed by atoms with Gasteiger partial charge < -0.3 is 35.4 Å². The second kappa shape index (κ2) is 10.6. The smallest absolute Gasteiger partial charge is 0.125 e. The minimum absolute atomic E-state index is 0.0845. The third kappa shape index (κ3) is 5.33. The molecule has 2 rings (SSSR count). The molecule has 0 spiro atoms. The molecule has 1 aromatic carbocycles. The summed E-state index contributed by atoms with van der Waals surface area (Å²) >= 11 is 0. The quantitative estimate of drug-likeness (QED) is 0.368. The van der Waals surface area contributed by atoms with Gasteiger partial charge in [0.2, 0.25) is 0 Å². The van der Waals surface area contributed by atoms with Crippen LogP contribution in [-0.2, 0) is 11.2 Å². The van der Waals surface area contributed by atoms with Gasteiger partial charge in [0.1, 0.15) is 42.0 Å². The Labute approximate surface area is 164 Å². The number of aryl methyl sites for hydroxylation is 1. The number of aliphatic hydroxyl groups excluding tert-OH is 4. The number of rotatable bonds is 8. The molecule has 5 unspecified atom stereocenters. The molecule has 1 aliphatic rings. The molecule has 1 saturated heterocycles. The fourth-order valence-corrected chi connectivity index (χ4v) is 3.22. The molecule has 0 bridgehead atoms. The summed E-state index contributed by atoms with van der Waals surface area (Å²) in [6.07, 6.45) is 4.41. The predicted molar refractivity (Wildman–Crippen MR) is 104 cm³/mol. The summed E-state index contributed by atoms with van der Waals surface area (Å²) in [5, 5.41) is 60.0. The van der Waals surface area contributed by atoms with Crippen LogP contribution in [0.4, 0.5) is 0 Å². The fraction of sp³-hybridized carbons (Fsp3) is 0.524. The van der Waals surface area contributed by atoms with Gasteiger partial charge in [0.25, 0.3) is 0 Å². The SMILES string of the molecule is CCCC=CC=CCCc1cc(O)c(C2OC(CO)C(O)C(O)C2O)c(O)c1. The zero-order chi connectivity index (χ0) is 20.7. The van der Waals surface area contributed by atoms with E-state index in [0.29, 0.717) is 12.0 Å². The molecule has 0 aromatic heterocycles. The minimum Gasteiger partial charge on any atom is -0.507 e. The fourth-order valence-electron chi connectivity index (χ4n) is 3.22. The van der Waals surface area contributed by atoms with Crippen LogP contribution in [-0.4, -0.2) is 61.7 Å². The largest absolute Gasteiger partial charge is 0.507 e. The summed E-state index contributed by atoms with van der Waals surface area (Å²) in [5.74, 6) is -0.572. The number of aromatic hydroxyl groups is 2. The van der Waals surface area contributed by atoms with Gasteiger partial charge in [-0.05, 0) is 37.0 Å². The van der Waals surface area contributed by atoms with Crippen molar-refractivity contribution in [3.05, 3.63) is 47.6 Å². The summed E-state index contributed by atoms with van der Waals surface area (Å²) in [6, 6.07) is 2.94. The molecular formula is C21H30O7. The zero-order valence-corrected chi connectivity index (χ0v) is 16.0. The van der Waals surface area contributed by atoms with Crippen LogP contribution in [0.3, 0.4) is 0 Å². The summed E-state index contributed by atoms with van der Waals surface area (Å²) in [5.41, 5.74) is 0.615. The maximum absolute atomic E-state index is 10.4. The van der Waals surface area contributed by atoms with Crippen molar-refractivity contribution in [3.8, 4) is 11.5 Å². The van der Waals surface area contributed by atoms with Crippen molar-refractivity contribution in [2.24, 2.45) is 0 Å². The Morgan fingerprint density at radius 1 is 0.929 bits per heavy atom. The van der Waals surface area contributed by atoms with Gasteiger partial charge in [0, 0.05) is 0 Å². The van der Waals surface area contributed by atoms with Crippen molar-refractivity contribution in [1.82, 2.24) is 0 Å². The van der Waals surface area contributed by atoms with Crippen LogP contribution in [0.5, 0.6) is 11.5 Å². The molecule has 1 aliphatic heterocycles. The normalized spacial score (nSPS) is 28.4. The minimum atomic E-state index is -1.58. The highest BCUT2D eigenvalue weighted by Crippen LogP contribution is 2.42. The molecule has 5 atom stereocenters. The topological polar surface area (TPSA) is 131 Å². The molecule has 0 aliphatic carbocycles. The number of phenols is 2. The van der Waals surface area contributed by atoms with E-state index in [-0.39, 0.29) is 17.1 Å². The number of hydrogen-bond acceptors (Lipinski definition) is 7. The highest BCUT2D eigenvalue weighted by molar-refractivity contribution is 5.49. The van der Waals surface area contributed by atoms with Crippen molar-refractivity contribution >= 4 is 0 Å². The number of hydrogen-bond donors (Lipinski definition) is 6. The van der Waals surface area contributed by atoms with Crippen molar-refractivity contribution in [3.63, 3.8) is 0 Å². The molecular weight excluding hydrogens is 364 g/mol. The first-order valence-corrected chi connectivity index (χ1v) is 9.57. The summed E-state index contributed by atoms with van der Waals surface area (Å²) in [4.78, 5) is 0. The molecule has 0 saturated carbocycles. The molecule has 6 N–H and O–H groups in total. The third-order valence-electron chi connectivity index (χ3n) is 4.81. The Balaban J connectivity index is 2.11. The van der Waals surface area contributed by atoms with Crippen LogP contribution < -0.4 is 0 Å². The van der Waals surface area contributed by atoms with E-state index in [0.717, 1.165) is 19.3 Å². The lowest BCUT2D eigenvalue weighted by Gasteiger charge is -2.40. The Bertz CT molecular complexity index is 660. The maximum Gasteiger partial charge on any atom is 0.125 e. The van der Waals surface area contributed by atoms with Gasteiger partial charge >= 0.3 is 0 Å². The predicted octanol–water partition coefficient (Wildman–Crippen LogP) is 1.46. The average molecular weight is 394 g/mol. The van der Waals surface area contributed by atoms with Crippen LogP contribution in [0.15, 0.2) is 36.4 Å². The Morgan fingerprint density at radius 3 is 2.11 bits per heavy atom. The number of benzene rings is 1. The van der Waals surface area contributed by atoms with E-state index < -0.39 is 37.1 Å². The van der Waals surface area contributed by atoms with E-state index in [4.69, 9.17) is 4.74 Å². The lowest BCUT2D eigenvalue weighted by Crippen LogP contribution is -2.55. The first-order valence-electron chi connectivity index (χ1n) is 9.57. The van der Waals surface area contributed by atoms with Crippen LogP contribution in [0.1, 0.15) is 43.4 Å². The summed E-state index contributed by atoms with van der Waals surface area (Å²) in [7, 11) is 0. The van der Waals surface area contributed by atoms with Crippen molar-refractivity contribution in [2.75, 3.05) is 6.61 Å². The van der Waals surface area contributed by atoms with Gasteiger partial charge in [-0.25, -0.2) is 0 Å². The molecule has 1 aromatic rings. The monoisotopic (exact) mass is 394 g/mol. The molecule has 0 amide bonds. The molecule has 156 valence electrons. The summed E-state index contributed by atoms with van der Waals surface area (Å²) < 4.78 is 5.41. The number of unbranched alkanes of at least 4 members (excludes halogenated alkanes) is 1. The van der Waals surface area contributed by atoms with Crippen molar-refractivity contribution < 1.29 is 35.4 Å². The highest BCUT2D eigenvalue weighted by Gasteiger charge is 2.45. The first kappa shape index (κ1) is 22.4. The lowest BCUT2D eigenvalue weighted by molar-refractivity contribution is -0.232. The van der Waals surface area contributed by atoms with Crippen LogP contribution in [0.25, 0.3) is 0 Å². The molecule has 7 nitrogen and oxygen atoms in total. The zero-order valence-electron chi connectivity index (χ0n) is 16.0. The van der Waals surface area contributed by atoms with Gasteiger partial charge in [0.15, 0.2) is 0 Å². The van der Waals surface area contributed by atoms with E-state index >= 15 is 0 Å². The Kier molecular flexibility index (Phi) is 8.47. The third-order valence-corrected chi connectivity index (χ3v) is 4.81. The maximum atomic E-state index is 10.4. The average Bonchev–Trinajstić information content (AvgIpc) is 2.66. The number of aliphatic hydroxyl groups is 4. The van der Waals surface area contributed by atoms with E-state index in [2.05, 4.69) is 13.0 Å². The van der Waals surface area contributed by atoms with E-state index in [1.165, 1.54) is 12.1 Å². The van der Waals surface area contributed by atoms with E-state index in [9.17, 15) is 30.6 Å².